The lowest BCUT2D eigenvalue weighted by Gasteiger charge is -2.21. The van der Waals surface area contributed by atoms with Gasteiger partial charge in [-0.25, -0.2) is 0 Å². The van der Waals surface area contributed by atoms with Crippen molar-refractivity contribution >= 4 is 33.3 Å². The molecule has 1 aliphatic rings. The highest BCUT2D eigenvalue weighted by Crippen LogP contribution is 2.35. The zero-order valence-electron chi connectivity index (χ0n) is 10.5. The van der Waals surface area contributed by atoms with E-state index >= 15 is 0 Å². The lowest BCUT2D eigenvalue weighted by Crippen LogP contribution is -2.36. The summed E-state index contributed by atoms with van der Waals surface area (Å²) in [7, 11) is 1.59. The van der Waals surface area contributed by atoms with Crippen LogP contribution in [0.15, 0.2) is 16.6 Å². The molecule has 0 N–H and O–H groups in total. The molecule has 0 aromatic heterocycles. The molecule has 96 valence electrons. The standard InChI is InChI=1S/C13H14BrNO3/c1-7-4-9(14)5-10-11(7)15(6-8(2)18-3)13(17)12(10)16/h4-5,8H,6H2,1-3H3. The van der Waals surface area contributed by atoms with Crippen molar-refractivity contribution in [1.29, 1.82) is 0 Å². The van der Waals surface area contributed by atoms with Gasteiger partial charge in [-0.1, -0.05) is 15.9 Å². The summed E-state index contributed by atoms with van der Waals surface area (Å²) < 4.78 is 5.97. The third-order valence-corrected chi connectivity index (χ3v) is 3.52. The highest BCUT2D eigenvalue weighted by molar-refractivity contribution is 9.10. The van der Waals surface area contributed by atoms with Crippen LogP contribution in [0.1, 0.15) is 22.8 Å². The normalized spacial score (nSPS) is 16.1. The molecule has 4 nitrogen and oxygen atoms in total. The molecule has 0 fully saturated rings. The topological polar surface area (TPSA) is 46.6 Å². The SMILES string of the molecule is COC(C)CN1C(=O)C(=O)c2cc(Br)cc(C)c21. The third kappa shape index (κ3) is 2.08. The minimum atomic E-state index is -0.477. The Morgan fingerprint density at radius 2 is 2.06 bits per heavy atom. The first kappa shape index (κ1) is 13.2. The van der Waals surface area contributed by atoms with Crippen LogP contribution >= 0.6 is 15.9 Å². The number of methoxy groups -OCH3 is 1. The number of ketones is 1. The van der Waals surface area contributed by atoms with E-state index in [1.807, 2.05) is 19.9 Å². The summed E-state index contributed by atoms with van der Waals surface area (Å²) in [6.45, 7) is 4.14. The first-order valence-electron chi connectivity index (χ1n) is 5.64. The first-order valence-corrected chi connectivity index (χ1v) is 6.44. The van der Waals surface area contributed by atoms with Crippen molar-refractivity contribution in [3.8, 4) is 0 Å². The monoisotopic (exact) mass is 311 g/mol. The van der Waals surface area contributed by atoms with E-state index in [-0.39, 0.29) is 6.10 Å². The molecule has 0 radical (unpaired) electrons. The van der Waals surface area contributed by atoms with Gasteiger partial charge < -0.3 is 9.64 Å². The van der Waals surface area contributed by atoms with Crippen molar-refractivity contribution in [2.24, 2.45) is 0 Å². The summed E-state index contributed by atoms with van der Waals surface area (Å²) in [4.78, 5) is 25.4. The summed E-state index contributed by atoms with van der Waals surface area (Å²) >= 11 is 3.34. The average molecular weight is 312 g/mol. The molecule has 1 aliphatic heterocycles. The van der Waals surface area contributed by atoms with E-state index in [0.717, 1.165) is 10.0 Å². The van der Waals surface area contributed by atoms with E-state index in [9.17, 15) is 9.59 Å². The maximum Gasteiger partial charge on any atom is 0.299 e. The number of ether oxygens (including phenoxy) is 1. The van der Waals surface area contributed by atoms with Gasteiger partial charge in [0.15, 0.2) is 0 Å². The van der Waals surface area contributed by atoms with Gasteiger partial charge >= 0.3 is 0 Å². The van der Waals surface area contributed by atoms with Crippen LogP contribution < -0.4 is 4.90 Å². The smallest absolute Gasteiger partial charge is 0.299 e. The van der Waals surface area contributed by atoms with Crippen LogP contribution in [0.5, 0.6) is 0 Å². The molecule has 1 aromatic rings. The number of anilines is 1. The number of rotatable bonds is 3. The number of amides is 1. The van der Waals surface area contributed by atoms with Gasteiger partial charge in [0.05, 0.1) is 23.9 Å². The number of hydrogen-bond donors (Lipinski definition) is 0. The van der Waals surface area contributed by atoms with E-state index < -0.39 is 11.7 Å². The Morgan fingerprint density at radius 3 is 2.67 bits per heavy atom. The second-order valence-electron chi connectivity index (χ2n) is 4.41. The molecule has 0 bridgehead atoms. The molecular formula is C13H14BrNO3. The Labute approximate surface area is 114 Å². The van der Waals surface area contributed by atoms with Crippen LogP contribution in [0.4, 0.5) is 5.69 Å². The van der Waals surface area contributed by atoms with Crippen molar-refractivity contribution in [3.63, 3.8) is 0 Å². The second kappa shape index (κ2) is 4.82. The van der Waals surface area contributed by atoms with Gasteiger partial charge in [-0.05, 0) is 31.5 Å². The minimum absolute atomic E-state index is 0.115. The molecule has 0 saturated heterocycles. The lowest BCUT2D eigenvalue weighted by molar-refractivity contribution is -0.114. The quantitative estimate of drug-likeness (QED) is 0.805. The van der Waals surface area contributed by atoms with Gasteiger partial charge in [-0.15, -0.1) is 0 Å². The highest BCUT2D eigenvalue weighted by atomic mass is 79.9. The molecular weight excluding hydrogens is 298 g/mol. The van der Waals surface area contributed by atoms with Crippen molar-refractivity contribution in [2.75, 3.05) is 18.6 Å². The fourth-order valence-electron chi connectivity index (χ4n) is 2.11. The van der Waals surface area contributed by atoms with Crippen LogP contribution in [0, 0.1) is 6.92 Å². The second-order valence-corrected chi connectivity index (χ2v) is 5.33. The number of Topliss-reactive ketones (excluding diaryl/α,β-unsaturated/α-hetero) is 1. The van der Waals surface area contributed by atoms with Crippen LogP contribution in [-0.2, 0) is 9.53 Å². The van der Waals surface area contributed by atoms with E-state index in [4.69, 9.17) is 4.74 Å². The summed E-state index contributed by atoms with van der Waals surface area (Å²) in [5, 5.41) is 0. The number of nitrogens with zero attached hydrogens (tertiary/aromatic N) is 1. The molecule has 0 saturated carbocycles. The zero-order chi connectivity index (χ0) is 13.4. The lowest BCUT2D eigenvalue weighted by atomic mass is 10.1. The number of hydrogen-bond acceptors (Lipinski definition) is 3. The predicted octanol–water partition coefficient (Wildman–Crippen LogP) is 2.32. The number of carbonyl (C=O) groups is 2. The Balaban J connectivity index is 2.48. The van der Waals surface area contributed by atoms with Crippen LogP contribution in [0.2, 0.25) is 0 Å². The molecule has 18 heavy (non-hydrogen) atoms. The molecule has 1 aromatic carbocycles. The molecule has 1 heterocycles. The number of benzene rings is 1. The highest BCUT2D eigenvalue weighted by Gasteiger charge is 2.37. The van der Waals surface area contributed by atoms with E-state index in [1.165, 1.54) is 4.90 Å². The molecule has 0 aliphatic carbocycles. The minimum Gasteiger partial charge on any atom is -0.380 e. The van der Waals surface area contributed by atoms with Gasteiger partial charge in [0.1, 0.15) is 0 Å². The van der Waals surface area contributed by atoms with Crippen molar-refractivity contribution < 1.29 is 14.3 Å². The van der Waals surface area contributed by atoms with Gasteiger partial charge in [-0.3, -0.25) is 9.59 Å². The molecule has 0 spiro atoms. The van der Waals surface area contributed by atoms with E-state index in [0.29, 0.717) is 17.8 Å². The Kier molecular flexibility index (Phi) is 3.54. The maximum atomic E-state index is 12.0. The summed E-state index contributed by atoms with van der Waals surface area (Å²) in [6.07, 6.45) is -0.115. The number of halogens is 1. The van der Waals surface area contributed by atoms with Gasteiger partial charge in [0.2, 0.25) is 0 Å². The van der Waals surface area contributed by atoms with Crippen molar-refractivity contribution in [3.05, 3.63) is 27.7 Å². The van der Waals surface area contributed by atoms with Crippen molar-refractivity contribution in [2.45, 2.75) is 20.0 Å². The van der Waals surface area contributed by atoms with Crippen molar-refractivity contribution in [1.82, 2.24) is 0 Å². The van der Waals surface area contributed by atoms with E-state index in [2.05, 4.69) is 15.9 Å². The Hall–Kier alpha value is -1.20. The van der Waals surface area contributed by atoms with E-state index in [1.54, 1.807) is 13.2 Å². The third-order valence-electron chi connectivity index (χ3n) is 3.06. The molecule has 5 heteroatoms. The fraction of sp³-hybridized carbons (Fsp3) is 0.385. The molecule has 1 amide bonds. The Morgan fingerprint density at radius 1 is 1.39 bits per heavy atom. The van der Waals surface area contributed by atoms with Crippen LogP contribution in [-0.4, -0.2) is 31.4 Å². The van der Waals surface area contributed by atoms with Gasteiger partial charge in [0.25, 0.3) is 11.7 Å². The number of aryl methyl sites for hydroxylation is 1. The van der Waals surface area contributed by atoms with Gasteiger partial charge in [0, 0.05) is 11.6 Å². The summed E-state index contributed by atoms with van der Waals surface area (Å²) in [5.41, 5.74) is 2.08. The molecule has 1 atom stereocenters. The summed E-state index contributed by atoms with van der Waals surface area (Å²) in [5.74, 6) is -0.923. The fourth-order valence-corrected chi connectivity index (χ4v) is 2.68. The predicted molar refractivity (Wildman–Crippen MR) is 72.0 cm³/mol. The first-order chi connectivity index (χ1) is 8.45. The van der Waals surface area contributed by atoms with Crippen LogP contribution in [0.3, 0.4) is 0 Å². The largest absolute Gasteiger partial charge is 0.380 e. The molecule has 2 rings (SSSR count). The van der Waals surface area contributed by atoms with Gasteiger partial charge in [-0.2, -0.15) is 0 Å². The number of carbonyl (C=O) groups excluding carboxylic acids is 2. The number of fused-ring (bicyclic) bond motifs is 1. The zero-order valence-corrected chi connectivity index (χ0v) is 12.1. The maximum absolute atomic E-state index is 12.0. The summed E-state index contributed by atoms with van der Waals surface area (Å²) in [6, 6.07) is 3.59. The Bertz CT molecular complexity index is 527. The van der Waals surface area contributed by atoms with Crippen LogP contribution in [0.25, 0.3) is 0 Å². The molecule has 1 unspecified atom stereocenters. The average Bonchev–Trinajstić information content (AvgIpc) is 2.54.